The maximum atomic E-state index is 12.5. The summed E-state index contributed by atoms with van der Waals surface area (Å²) >= 11 is 8.70. The number of anilines is 1. The van der Waals surface area contributed by atoms with E-state index in [2.05, 4.69) is 10.3 Å². The number of halogens is 1. The first-order valence-electron chi connectivity index (χ1n) is 9.35. The highest BCUT2D eigenvalue weighted by Crippen LogP contribution is 2.27. The van der Waals surface area contributed by atoms with Gasteiger partial charge in [0.1, 0.15) is 12.4 Å². The van der Waals surface area contributed by atoms with Crippen LogP contribution in [0.15, 0.2) is 69.8 Å². The summed E-state index contributed by atoms with van der Waals surface area (Å²) in [6.45, 7) is 2.06. The van der Waals surface area contributed by atoms with Gasteiger partial charge in [0.2, 0.25) is 5.91 Å². The maximum Gasteiger partial charge on any atom is 0.258 e. The standard InChI is InChI=1S/C22H18ClN3O3S2/c1-14-2-7-18(25-20(27)13-31-17-5-3-15(23)4-6-17)19(10-14)29-12-16-11-21(28)26-8-9-30-22(26)24-16/h2-11H,12-13H2,1H3,(H,25,27). The summed E-state index contributed by atoms with van der Waals surface area (Å²) in [6, 6.07) is 14.3. The van der Waals surface area contributed by atoms with Crippen LogP contribution in [0.2, 0.25) is 5.02 Å². The Hall–Kier alpha value is -2.81. The van der Waals surface area contributed by atoms with Gasteiger partial charge in [0.05, 0.1) is 17.1 Å². The SMILES string of the molecule is Cc1ccc(NC(=O)CSc2ccc(Cl)cc2)c(OCc2cc(=O)n3ccsc3n2)c1. The molecule has 0 atom stereocenters. The molecular weight excluding hydrogens is 454 g/mol. The molecule has 2 heterocycles. The lowest BCUT2D eigenvalue weighted by atomic mass is 10.2. The molecule has 0 bridgehead atoms. The predicted molar refractivity (Wildman–Crippen MR) is 126 cm³/mol. The second-order valence-corrected chi connectivity index (χ2v) is 9.08. The van der Waals surface area contributed by atoms with Gasteiger partial charge in [-0.25, -0.2) is 4.98 Å². The number of nitrogens with one attached hydrogen (secondary N) is 1. The third-order valence-electron chi connectivity index (χ3n) is 4.33. The van der Waals surface area contributed by atoms with Crippen molar-refractivity contribution in [2.75, 3.05) is 11.1 Å². The van der Waals surface area contributed by atoms with E-state index in [9.17, 15) is 9.59 Å². The van der Waals surface area contributed by atoms with Crippen LogP contribution in [0, 0.1) is 6.92 Å². The number of thiazole rings is 1. The number of ether oxygens (including phenoxy) is 1. The summed E-state index contributed by atoms with van der Waals surface area (Å²) in [7, 11) is 0. The molecule has 2 aromatic carbocycles. The van der Waals surface area contributed by atoms with Crippen LogP contribution in [-0.4, -0.2) is 21.0 Å². The van der Waals surface area contributed by atoms with Crippen molar-refractivity contribution in [2.45, 2.75) is 18.4 Å². The molecule has 0 unspecified atom stereocenters. The van der Waals surface area contributed by atoms with Gasteiger partial charge in [-0.3, -0.25) is 14.0 Å². The van der Waals surface area contributed by atoms with Crippen LogP contribution in [-0.2, 0) is 11.4 Å². The molecule has 0 saturated heterocycles. The molecule has 2 aromatic heterocycles. The fourth-order valence-electron chi connectivity index (χ4n) is 2.83. The van der Waals surface area contributed by atoms with Gasteiger partial charge in [0, 0.05) is 27.6 Å². The number of hydrogen-bond donors (Lipinski definition) is 1. The van der Waals surface area contributed by atoms with Crippen LogP contribution < -0.4 is 15.6 Å². The van der Waals surface area contributed by atoms with Crippen molar-refractivity contribution in [2.24, 2.45) is 0 Å². The van der Waals surface area contributed by atoms with Gasteiger partial charge < -0.3 is 10.1 Å². The number of rotatable bonds is 7. The van der Waals surface area contributed by atoms with Crippen LogP contribution >= 0.6 is 34.7 Å². The lowest BCUT2D eigenvalue weighted by Gasteiger charge is -2.13. The van der Waals surface area contributed by atoms with Crippen LogP contribution in [0.1, 0.15) is 11.3 Å². The van der Waals surface area contributed by atoms with Crippen molar-refractivity contribution in [3.63, 3.8) is 0 Å². The number of carbonyl (C=O) groups excluding carboxylic acids is 1. The molecule has 1 amide bonds. The van der Waals surface area contributed by atoms with E-state index in [0.29, 0.717) is 27.1 Å². The minimum Gasteiger partial charge on any atom is -0.485 e. The molecule has 31 heavy (non-hydrogen) atoms. The van der Waals surface area contributed by atoms with Crippen LogP contribution in [0.5, 0.6) is 5.75 Å². The smallest absolute Gasteiger partial charge is 0.258 e. The number of fused-ring (bicyclic) bond motifs is 1. The summed E-state index contributed by atoms with van der Waals surface area (Å²) in [6.07, 6.45) is 1.69. The normalized spacial score (nSPS) is 10.9. The monoisotopic (exact) mass is 471 g/mol. The Balaban J connectivity index is 1.43. The lowest BCUT2D eigenvalue weighted by Crippen LogP contribution is -2.16. The zero-order valence-electron chi connectivity index (χ0n) is 16.5. The molecule has 1 N–H and O–H groups in total. The first kappa shape index (κ1) is 21.4. The average molecular weight is 472 g/mol. The number of benzene rings is 2. The van der Waals surface area contributed by atoms with E-state index >= 15 is 0 Å². The van der Waals surface area contributed by atoms with Crippen molar-refractivity contribution in [1.29, 1.82) is 0 Å². The molecular formula is C22H18ClN3O3S2. The van der Waals surface area contributed by atoms with Gasteiger partial charge in [-0.2, -0.15) is 0 Å². The summed E-state index contributed by atoms with van der Waals surface area (Å²) < 4.78 is 7.41. The molecule has 0 fully saturated rings. The van der Waals surface area contributed by atoms with Crippen molar-refractivity contribution < 1.29 is 9.53 Å². The van der Waals surface area contributed by atoms with Crippen LogP contribution in [0.4, 0.5) is 5.69 Å². The molecule has 158 valence electrons. The highest BCUT2D eigenvalue weighted by Gasteiger charge is 2.11. The fraction of sp³-hybridized carbons (Fsp3) is 0.136. The lowest BCUT2D eigenvalue weighted by molar-refractivity contribution is -0.113. The minimum absolute atomic E-state index is 0.121. The van der Waals surface area contributed by atoms with Crippen LogP contribution in [0.3, 0.4) is 0 Å². The average Bonchev–Trinajstić information content (AvgIpc) is 3.23. The van der Waals surface area contributed by atoms with Crippen molar-refractivity contribution in [3.8, 4) is 5.75 Å². The van der Waals surface area contributed by atoms with Crippen molar-refractivity contribution in [1.82, 2.24) is 9.38 Å². The van der Waals surface area contributed by atoms with E-state index in [1.54, 1.807) is 24.4 Å². The maximum absolute atomic E-state index is 12.5. The first-order chi connectivity index (χ1) is 15.0. The minimum atomic E-state index is -0.151. The number of hydrogen-bond acceptors (Lipinski definition) is 6. The number of aryl methyl sites for hydroxylation is 1. The van der Waals surface area contributed by atoms with Crippen molar-refractivity contribution >= 4 is 51.3 Å². The van der Waals surface area contributed by atoms with E-state index in [-0.39, 0.29) is 23.8 Å². The zero-order chi connectivity index (χ0) is 21.8. The second-order valence-electron chi connectivity index (χ2n) is 6.72. The van der Waals surface area contributed by atoms with Gasteiger partial charge in [-0.05, 0) is 48.9 Å². The Morgan fingerprint density at radius 3 is 2.84 bits per heavy atom. The van der Waals surface area contributed by atoms with E-state index in [1.165, 1.54) is 33.6 Å². The Morgan fingerprint density at radius 1 is 1.23 bits per heavy atom. The molecule has 0 spiro atoms. The van der Waals surface area contributed by atoms with E-state index in [4.69, 9.17) is 16.3 Å². The third-order valence-corrected chi connectivity index (χ3v) is 6.35. The van der Waals surface area contributed by atoms with Gasteiger partial charge in [0.25, 0.3) is 5.56 Å². The highest BCUT2D eigenvalue weighted by atomic mass is 35.5. The van der Waals surface area contributed by atoms with Gasteiger partial charge in [-0.15, -0.1) is 23.1 Å². The first-order valence-corrected chi connectivity index (χ1v) is 11.6. The van der Waals surface area contributed by atoms with Crippen molar-refractivity contribution in [3.05, 3.63) is 86.7 Å². The van der Waals surface area contributed by atoms with Gasteiger partial charge in [-0.1, -0.05) is 17.7 Å². The molecule has 0 aliphatic heterocycles. The molecule has 0 saturated carbocycles. The zero-order valence-corrected chi connectivity index (χ0v) is 18.9. The number of carbonyl (C=O) groups is 1. The number of aromatic nitrogens is 2. The largest absolute Gasteiger partial charge is 0.485 e. The van der Waals surface area contributed by atoms with E-state index in [1.807, 2.05) is 36.6 Å². The number of nitrogens with zero attached hydrogens (tertiary/aromatic N) is 2. The molecule has 0 aliphatic rings. The number of amides is 1. The Morgan fingerprint density at radius 2 is 2.03 bits per heavy atom. The van der Waals surface area contributed by atoms with Gasteiger partial charge in [0.15, 0.2) is 4.96 Å². The summed E-state index contributed by atoms with van der Waals surface area (Å²) in [5.74, 6) is 0.630. The van der Waals surface area contributed by atoms with E-state index < -0.39 is 0 Å². The van der Waals surface area contributed by atoms with Crippen LogP contribution in [0.25, 0.3) is 4.96 Å². The summed E-state index contributed by atoms with van der Waals surface area (Å²) in [5, 5.41) is 5.37. The second kappa shape index (κ2) is 9.55. The number of thioether (sulfide) groups is 1. The topological polar surface area (TPSA) is 72.7 Å². The molecule has 9 heteroatoms. The Labute approximate surface area is 191 Å². The highest BCUT2D eigenvalue weighted by molar-refractivity contribution is 8.00. The molecule has 4 rings (SSSR count). The third kappa shape index (κ3) is 5.46. The Kier molecular flexibility index (Phi) is 6.60. The molecule has 4 aromatic rings. The summed E-state index contributed by atoms with van der Waals surface area (Å²) in [5.41, 5.74) is 1.94. The van der Waals surface area contributed by atoms with Gasteiger partial charge >= 0.3 is 0 Å². The molecule has 0 radical (unpaired) electrons. The fourth-order valence-corrected chi connectivity index (χ4v) is 4.39. The molecule has 0 aliphatic carbocycles. The predicted octanol–water partition coefficient (Wildman–Crippen LogP) is 5.03. The Bertz CT molecular complexity index is 1290. The molecule has 6 nitrogen and oxygen atoms in total. The van der Waals surface area contributed by atoms with E-state index in [0.717, 1.165) is 10.5 Å². The summed E-state index contributed by atoms with van der Waals surface area (Å²) in [4.78, 5) is 30.6. The quantitative estimate of drug-likeness (QED) is 0.383.